The lowest BCUT2D eigenvalue weighted by atomic mass is 10.00. The predicted octanol–water partition coefficient (Wildman–Crippen LogP) is 7.42. The standard InChI is InChI=1S/C26H20F2N2O/c1-14(2)22-11-9-20-19-7-4-15(3)24(25(19)31-26(20)30-22)23-10-5-16(13-29-23)18-8-6-17(27)12-21(18)28/h4-14H,1-3H3. The van der Waals surface area contributed by atoms with Gasteiger partial charge in [0.15, 0.2) is 0 Å². The van der Waals surface area contributed by atoms with E-state index in [-0.39, 0.29) is 0 Å². The second-order valence-electron chi connectivity index (χ2n) is 8.04. The molecule has 0 saturated heterocycles. The van der Waals surface area contributed by atoms with Crippen LogP contribution in [-0.2, 0) is 0 Å². The zero-order chi connectivity index (χ0) is 21.7. The second kappa shape index (κ2) is 7.27. The van der Waals surface area contributed by atoms with Crippen LogP contribution in [0.1, 0.15) is 31.0 Å². The van der Waals surface area contributed by atoms with E-state index < -0.39 is 11.6 Å². The van der Waals surface area contributed by atoms with E-state index in [0.717, 1.165) is 44.9 Å². The molecule has 0 fully saturated rings. The van der Waals surface area contributed by atoms with Gasteiger partial charge >= 0.3 is 0 Å². The molecule has 31 heavy (non-hydrogen) atoms. The molecule has 0 spiro atoms. The SMILES string of the molecule is Cc1ccc2c(oc3nc(C(C)C)ccc32)c1-c1ccc(-c2ccc(F)cc2F)cn1. The number of aryl methyl sites for hydroxylation is 1. The van der Waals surface area contributed by atoms with Crippen molar-refractivity contribution in [1.29, 1.82) is 0 Å². The van der Waals surface area contributed by atoms with Crippen LogP contribution in [0.25, 0.3) is 44.5 Å². The number of hydrogen-bond donors (Lipinski definition) is 0. The molecule has 0 amide bonds. The van der Waals surface area contributed by atoms with Gasteiger partial charge in [-0.2, -0.15) is 0 Å². The Kier molecular flexibility index (Phi) is 4.54. The molecule has 0 unspecified atom stereocenters. The third-order valence-electron chi connectivity index (χ3n) is 5.59. The summed E-state index contributed by atoms with van der Waals surface area (Å²) >= 11 is 0. The van der Waals surface area contributed by atoms with E-state index in [4.69, 9.17) is 4.42 Å². The van der Waals surface area contributed by atoms with E-state index in [2.05, 4.69) is 29.9 Å². The van der Waals surface area contributed by atoms with Gasteiger partial charge in [0.05, 0.1) is 5.69 Å². The van der Waals surface area contributed by atoms with Gasteiger partial charge in [0, 0.05) is 45.4 Å². The van der Waals surface area contributed by atoms with Gasteiger partial charge in [-0.05, 0) is 48.7 Å². The fraction of sp³-hybridized carbons (Fsp3) is 0.154. The topological polar surface area (TPSA) is 38.9 Å². The molecule has 0 aliphatic rings. The number of halogens is 2. The number of rotatable bonds is 3. The zero-order valence-electron chi connectivity index (χ0n) is 17.4. The summed E-state index contributed by atoms with van der Waals surface area (Å²) in [6.07, 6.45) is 1.60. The molecule has 0 radical (unpaired) electrons. The fourth-order valence-electron chi connectivity index (χ4n) is 3.90. The highest BCUT2D eigenvalue weighted by Gasteiger charge is 2.17. The fourth-order valence-corrected chi connectivity index (χ4v) is 3.90. The van der Waals surface area contributed by atoms with Crippen molar-refractivity contribution in [3.63, 3.8) is 0 Å². The maximum Gasteiger partial charge on any atom is 0.227 e. The van der Waals surface area contributed by atoms with Crippen molar-refractivity contribution < 1.29 is 13.2 Å². The van der Waals surface area contributed by atoms with E-state index in [9.17, 15) is 8.78 Å². The first-order chi connectivity index (χ1) is 14.9. The highest BCUT2D eigenvalue weighted by Crippen LogP contribution is 2.37. The number of fused-ring (bicyclic) bond motifs is 3. The molecule has 0 aliphatic carbocycles. The number of nitrogens with zero attached hydrogens (tertiary/aromatic N) is 2. The lowest BCUT2D eigenvalue weighted by Gasteiger charge is -2.08. The van der Waals surface area contributed by atoms with Gasteiger partial charge < -0.3 is 4.42 Å². The molecule has 0 saturated carbocycles. The van der Waals surface area contributed by atoms with Crippen LogP contribution in [0.3, 0.4) is 0 Å². The molecule has 2 aromatic carbocycles. The molecular weight excluding hydrogens is 394 g/mol. The van der Waals surface area contributed by atoms with Gasteiger partial charge in [0.2, 0.25) is 5.71 Å². The molecule has 154 valence electrons. The van der Waals surface area contributed by atoms with E-state index >= 15 is 0 Å². The van der Waals surface area contributed by atoms with Crippen molar-refractivity contribution in [3.05, 3.63) is 83.7 Å². The molecule has 5 rings (SSSR count). The molecule has 3 heterocycles. The summed E-state index contributed by atoms with van der Waals surface area (Å²) in [5.74, 6) is -0.913. The lowest BCUT2D eigenvalue weighted by molar-refractivity contribution is 0.585. The monoisotopic (exact) mass is 414 g/mol. The predicted molar refractivity (Wildman–Crippen MR) is 119 cm³/mol. The number of hydrogen-bond acceptors (Lipinski definition) is 3. The minimum Gasteiger partial charge on any atom is -0.437 e. The molecule has 3 aromatic heterocycles. The molecule has 0 atom stereocenters. The summed E-state index contributed by atoms with van der Waals surface area (Å²) in [6.45, 7) is 6.20. The van der Waals surface area contributed by atoms with E-state index in [1.807, 2.05) is 31.2 Å². The Morgan fingerprint density at radius 2 is 1.71 bits per heavy atom. The first kappa shape index (κ1) is 19.4. The molecule has 0 N–H and O–H groups in total. The Morgan fingerprint density at radius 3 is 2.42 bits per heavy atom. The maximum absolute atomic E-state index is 14.1. The Labute approximate surface area is 178 Å². The quantitative estimate of drug-likeness (QED) is 0.308. The van der Waals surface area contributed by atoms with Crippen LogP contribution in [0.15, 0.2) is 65.2 Å². The van der Waals surface area contributed by atoms with Crippen LogP contribution in [0.2, 0.25) is 0 Å². The Hall–Kier alpha value is -3.60. The van der Waals surface area contributed by atoms with Crippen LogP contribution in [0.4, 0.5) is 8.78 Å². The molecular formula is C26H20F2N2O. The van der Waals surface area contributed by atoms with Gasteiger partial charge in [-0.3, -0.25) is 4.98 Å². The molecule has 5 heteroatoms. The molecule has 0 aliphatic heterocycles. The van der Waals surface area contributed by atoms with Crippen LogP contribution in [0.5, 0.6) is 0 Å². The number of benzene rings is 2. The summed E-state index contributed by atoms with van der Waals surface area (Å²) in [4.78, 5) is 9.26. The van der Waals surface area contributed by atoms with Gasteiger partial charge in [-0.1, -0.05) is 32.0 Å². The molecule has 0 bridgehead atoms. The Balaban J connectivity index is 1.65. The summed E-state index contributed by atoms with van der Waals surface area (Å²) < 4.78 is 33.6. The highest BCUT2D eigenvalue weighted by atomic mass is 19.1. The van der Waals surface area contributed by atoms with Crippen molar-refractivity contribution in [2.75, 3.05) is 0 Å². The van der Waals surface area contributed by atoms with Crippen LogP contribution >= 0.6 is 0 Å². The third kappa shape index (κ3) is 3.26. The van der Waals surface area contributed by atoms with Gasteiger partial charge in [-0.25, -0.2) is 13.8 Å². The Bertz CT molecular complexity index is 1440. The Morgan fingerprint density at radius 1 is 0.903 bits per heavy atom. The second-order valence-corrected chi connectivity index (χ2v) is 8.04. The van der Waals surface area contributed by atoms with E-state index in [1.165, 1.54) is 12.1 Å². The van der Waals surface area contributed by atoms with Crippen LogP contribution < -0.4 is 0 Å². The third-order valence-corrected chi connectivity index (χ3v) is 5.59. The van der Waals surface area contributed by atoms with Crippen LogP contribution in [0, 0.1) is 18.6 Å². The minimum atomic E-state index is -0.614. The van der Waals surface area contributed by atoms with Crippen LogP contribution in [-0.4, -0.2) is 9.97 Å². The van der Waals surface area contributed by atoms with Crippen molar-refractivity contribution in [3.8, 4) is 22.4 Å². The summed E-state index contributed by atoms with van der Waals surface area (Å²) in [7, 11) is 0. The maximum atomic E-state index is 14.1. The lowest BCUT2D eigenvalue weighted by Crippen LogP contribution is -1.91. The van der Waals surface area contributed by atoms with E-state index in [1.54, 1.807) is 12.3 Å². The normalized spacial score (nSPS) is 11.7. The zero-order valence-corrected chi connectivity index (χ0v) is 17.4. The smallest absolute Gasteiger partial charge is 0.227 e. The van der Waals surface area contributed by atoms with Gasteiger partial charge in [0.1, 0.15) is 17.2 Å². The average molecular weight is 414 g/mol. The largest absolute Gasteiger partial charge is 0.437 e. The summed E-state index contributed by atoms with van der Waals surface area (Å²) in [5.41, 5.74) is 5.83. The van der Waals surface area contributed by atoms with Crippen molar-refractivity contribution in [2.24, 2.45) is 0 Å². The summed E-state index contributed by atoms with van der Waals surface area (Å²) in [5, 5.41) is 1.94. The summed E-state index contributed by atoms with van der Waals surface area (Å²) in [6, 6.07) is 15.3. The average Bonchev–Trinajstić information content (AvgIpc) is 3.11. The first-order valence-electron chi connectivity index (χ1n) is 10.2. The van der Waals surface area contributed by atoms with Crippen molar-refractivity contribution in [1.82, 2.24) is 9.97 Å². The van der Waals surface area contributed by atoms with Gasteiger partial charge in [0.25, 0.3) is 0 Å². The van der Waals surface area contributed by atoms with E-state index in [0.29, 0.717) is 22.8 Å². The van der Waals surface area contributed by atoms with Crippen molar-refractivity contribution >= 4 is 22.1 Å². The highest BCUT2D eigenvalue weighted by molar-refractivity contribution is 6.09. The molecule has 3 nitrogen and oxygen atoms in total. The van der Waals surface area contributed by atoms with Crippen molar-refractivity contribution in [2.45, 2.75) is 26.7 Å². The van der Waals surface area contributed by atoms with Gasteiger partial charge in [-0.15, -0.1) is 0 Å². The molecule has 5 aromatic rings. The number of furan rings is 1. The first-order valence-corrected chi connectivity index (χ1v) is 10.2. The minimum absolute atomic E-state index is 0.305. The number of pyridine rings is 2. The number of aromatic nitrogens is 2.